The summed E-state index contributed by atoms with van der Waals surface area (Å²) in [5.74, 6) is 0.548. The largest absolute Gasteiger partial charge is 0.343 e. The highest BCUT2D eigenvalue weighted by Gasteiger charge is 2.17. The third-order valence-electron chi connectivity index (χ3n) is 3.03. The molecule has 1 unspecified atom stereocenters. The van der Waals surface area contributed by atoms with E-state index in [0.29, 0.717) is 12.3 Å². The summed E-state index contributed by atoms with van der Waals surface area (Å²) in [6, 6.07) is -0.0228. The molecule has 0 spiro atoms. The van der Waals surface area contributed by atoms with Crippen LogP contribution in [0.2, 0.25) is 0 Å². The zero-order valence-corrected chi connectivity index (χ0v) is 12.1. The molecule has 0 aromatic heterocycles. The van der Waals surface area contributed by atoms with Crippen molar-refractivity contribution in [2.75, 3.05) is 33.7 Å². The van der Waals surface area contributed by atoms with Gasteiger partial charge in [0.1, 0.15) is 0 Å². The molecule has 0 saturated heterocycles. The van der Waals surface area contributed by atoms with Gasteiger partial charge in [0, 0.05) is 25.6 Å². The van der Waals surface area contributed by atoms with Crippen LogP contribution in [0.15, 0.2) is 0 Å². The molecular weight excluding hydrogens is 214 g/mol. The first-order valence-corrected chi connectivity index (χ1v) is 6.56. The summed E-state index contributed by atoms with van der Waals surface area (Å²) in [7, 11) is 4.10. The van der Waals surface area contributed by atoms with E-state index in [2.05, 4.69) is 18.7 Å². The molecule has 0 aliphatic heterocycles. The van der Waals surface area contributed by atoms with Gasteiger partial charge in [-0.15, -0.1) is 0 Å². The number of amides is 1. The summed E-state index contributed by atoms with van der Waals surface area (Å²) >= 11 is 0. The maximum Gasteiger partial charge on any atom is 0.224 e. The van der Waals surface area contributed by atoms with E-state index in [0.717, 1.165) is 26.1 Å². The molecule has 0 aliphatic rings. The summed E-state index contributed by atoms with van der Waals surface area (Å²) in [5.41, 5.74) is 5.93. The normalized spacial score (nSPS) is 13.2. The van der Waals surface area contributed by atoms with Crippen LogP contribution in [0.3, 0.4) is 0 Å². The van der Waals surface area contributed by atoms with Crippen LogP contribution in [-0.4, -0.2) is 55.5 Å². The van der Waals surface area contributed by atoms with Crippen molar-refractivity contribution in [3.8, 4) is 0 Å². The standard InChI is InChI=1S/C13H29N3O/c1-6-16(9-7-8-15(4)5)13(17)10-12(14)11(2)3/h11-12H,6-10,14H2,1-5H3. The molecule has 0 saturated carbocycles. The highest BCUT2D eigenvalue weighted by atomic mass is 16.2. The van der Waals surface area contributed by atoms with E-state index in [1.165, 1.54) is 0 Å². The quantitative estimate of drug-likeness (QED) is 0.696. The molecule has 0 aromatic rings. The van der Waals surface area contributed by atoms with Gasteiger partial charge in [0.15, 0.2) is 0 Å². The summed E-state index contributed by atoms with van der Waals surface area (Å²) in [5, 5.41) is 0. The van der Waals surface area contributed by atoms with Crippen LogP contribution in [0.4, 0.5) is 0 Å². The highest BCUT2D eigenvalue weighted by molar-refractivity contribution is 5.76. The summed E-state index contributed by atoms with van der Waals surface area (Å²) in [6.45, 7) is 8.75. The van der Waals surface area contributed by atoms with Crippen molar-refractivity contribution in [3.63, 3.8) is 0 Å². The lowest BCUT2D eigenvalue weighted by molar-refractivity contribution is -0.131. The van der Waals surface area contributed by atoms with E-state index in [9.17, 15) is 4.79 Å². The SMILES string of the molecule is CCN(CCCN(C)C)C(=O)CC(N)C(C)C. The Morgan fingerprint density at radius 2 is 1.82 bits per heavy atom. The number of carbonyl (C=O) groups is 1. The Labute approximate surface area is 106 Å². The van der Waals surface area contributed by atoms with Gasteiger partial charge in [-0.2, -0.15) is 0 Å². The number of carbonyl (C=O) groups excluding carboxylic acids is 1. The molecule has 1 atom stereocenters. The first-order valence-electron chi connectivity index (χ1n) is 6.56. The number of nitrogens with zero attached hydrogens (tertiary/aromatic N) is 2. The Morgan fingerprint density at radius 3 is 2.24 bits per heavy atom. The molecule has 4 nitrogen and oxygen atoms in total. The molecule has 0 aliphatic carbocycles. The van der Waals surface area contributed by atoms with Gasteiger partial charge in [0.05, 0.1) is 0 Å². The third-order valence-corrected chi connectivity index (χ3v) is 3.03. The minimum atomic E-state index is -0.0228. The Balaban J connectivity index is 4.03. The van der Waals surface area contributed by atoms with E-state index in [4.69, 9.17) is 5.73 Å². The summed E-state index contributed by atoms with van der Waals surface area (Å²) in [4.78, 5) is 16.0. The van der Waals surface area contributed by atoms with Crippen molar-refractivity contribution in [3.05, 3.63) is 0 Å². The molecule has 0 radical (unpaired) electrons. The Bertz CT molecular complexity index is 217. The highest BCUT2D eigenvalue weighted by Crippen LogP contribution is 2.06. The van der Waals surface area contributed by atoms with Gasteiger partial charge >= 0.3 is 0 Å². The zero-order chi connectivity index (χ0) is 13.4. The van der Waals surface area contributed by atoms with Crippen molar-refractivity contribution in [2.45, 2.75) is 39.7 Å². The fraction of sp³-hybridized carbons (Fsp3) is 0.923. The van der Waals surface area contributed by atoms with Gasteiger partial charge in [-0.05, 0) is 39.9 Å². The van der Waals surface area contributed by atoms with E-state index in [1.807, 2.05) is 25.9 Å². The van der Waals surface area contributed by atoms with Gasteiger partial charge in [0.25, 0.3) is 0 Å². The lowest BCUT2D eigenvalue weighted by atomic mass is 10.0. The Kier molecular flexibility index (Phi) is 8.17. The molecule has 0 heterocycles. The van der Waals surface area contributed by atoms with Crippen molar-refractivity contribution < 1.29 is 4.79 Å². The minimum Gasteiger partial charge on any atom is -0.343 e. The molecule has 0 rings (SSSR count). The maximum atomic E-state index is 12.0. The molecule has 17 heavy (non-hydrogen) atoms. The van der Waals surface area contributed by atoms with E-state index >= 15 is 0 Å². The fourth-order valence-corrected chi connectivity index (χ4v) is 1.60. The van der Waals surface area contributed by atoms with Crippen LogP contribution in [0.1, 0.15) is 33.6 Å². The summed E-state index contributed by atoms with van der Waals surface area (Å²) < 4.78 is 0. The zero-order valence-electron chi connectivity index (χ0n) is 12.1. The molecule has 102 valence electrons. The van der Waals surface area contributed by atoms with Crippen LogP contribution >= 0.6 is 0 Å². The van der Waals surface area contributed by atoms with Crippen LogP contribution in [0.5, 0.6) is 0 Å². The average molecular weight is 243 g/mol. The summed E-state index contributed by atoms with van der Waals surface area (Å²) in [6.07, 6.45) is 1.48. The molecule has 0 fully saturated rings. The molecule has 0 aromatic carbocycles. The van der Waals surface area contributed by atoms with Crippen molar-refractivity contribution in [1.82, 2.24) is 9.80 Å². The molecular formula is C13H29N3O. The van der Waals surface area contributed by atoms with Gasteiger partial charge in [-0.1, -0.05) is 13.8 Å². The molecule has 2 N–H and O–H groups in total. The third kappa shape index (κ3) is 7.34. The second-order valence-electron chi connectivity index (χ2n) is 5.24. The van der Waals surface area contributed by atoms with E-state index < -0.39 is 0 Å². The van der Waals surface area contributed by atoms with Crippen LogP contribution in [0.25, 0.3) is 0 Å². The predicted octanol–water partition coefficient (Wildman–Crippen LogP) is 1.16. The lowest BCUT2D eigenvalue weighted by Crippen LogP contribution is -2.39. The van der Waals surface area contributed by atoms with E-state index in [-0.39, 0.29) is 11.9 Å². The molecule has 0 bridgehead atoms. The minimum absolute atomic E-state index is 0.0228. The van der Waals surface area contributed by atoms with E-state index in [1.54, 1.807) is 0 Å². The number of nitrogens with two attached hydrogens (primary N) is 1. The van der Waals surface area contributed by atoms with Gasteiger partial charge in [-0.25, -0.2) is 0 Å². The first-order chi connectivity index (χ1) is 7.88. The second kappa shape index (κ2) is 8.48. The monoisotopic (exact) mass is 243 g/mol. The smallest absolute Gasteiger partial charge is 0.224 e. The Hall–Kier alpha value is -0.610. The van der Waals surface area contributed by atoms with Gasteiger partial charge < -0.3 is 15.5 Å². The maximum absolute atomic E-state index is 12.0. The lowest BCUT2D eigenvalue weighted by Gasteiger charge is -2.24. The fourth-order valence-electron chi connectivity index (χ4n) is 1.60. The van der Waals surface area contributed by atoms with Crippen molar-refractivity contribution in [2.24, 2.45) is 11.7 Å². The van der Waals surface area contributed by atoms with Gasteiger partial charge in [-0.3, -0.25) is 4.79 Å². The Morgan fingerprint density at radius 1 is 1.24 bits per heavy atom. The number of hydrogen-bond acceptors (Lipinski definition) is 3. The number of rotatable bonds is 8. The van der Waals surface area contributed by atoms with Crippen molar-refractivity contribution >= 4 is 5.91 Å². The van der Waals surface area contributed by atoms with Crippen molar-refractivity contribution in [1.29, 1.82) is 0 Å². The van der Waals surface area contributed by atoms with Crippen LogP contribution in [0, 0.1) is 5.92 Å². The van der Waals surface area contributed by atoms with Crippen LogP contribution < -0.4 is 5.73 Å². The topological polar surface area (TPSA) is 49.6 Å². The average Bonchev–Trinajstić information content (AvgIpc) is 2.23. The molecule has 1 amide bonds. The molecule has 4 heteroatoms. The van der Waals surface area contributed by atoms with Crippen LogP contribution in [-0.2, 0) is 4.79 Å². The predicted molar refractivity (Wildman–Crippen MR) is 72.9 cm³/mol. The number of hydrogen-bond donors (Lipinski definition) is 1. The van der Waals surface area contributed by atoms with Gasteiger partial charge in [0.2, 0.25) is 5.91 Å². The second-order valence-corrected chi connectivity index (χ2v) is 5.24. The first kappa shape index (κ1) is 16.4.